The van der Waals surface area contributed by atoms with Gasteiger partial charge in [0, 0.05) is 16.6 Å². The number of unbranched alkanes of at least 4 members (excludes halogenated alkanes) is 1. The number of halogens is 2. The molecule has 3 rings (SSSR count). The van der Waals surface area contributed by atoms with E-state index in [1.165, 1.54) is 27.6 Å². The molecule has 1 heterocycles. The lowest BCUT2D eigenvalue weighted by atomic mass is 9.98. The molecule has 24 heavy (non-hydrogen) atoms. The second-order valence-corrected chi connectivity index (χ2v) is 7.17. The number of hydrogen-bond donors (Lipinski definition) is 2. The number of rotatable bonds is 5. The molecule has 0 radical (unpaired) electrons. The summed E-state index contributed by atoms with van der Waals surface area (Å²) in [5.74, 6) is 0. The Morgan fingerprint density at radius 1 is 1.00 bits per heavy atom. The van der Waals surface area contributed by atoms with E-state index in [0.717, 1.165) is 37.1 Å². The van der Waals surface area contributed by atoms with Crippen molar-refractivity contribution in [3.63, 3.8) is 0 Å². The van der Waals surface area contributed by atoms with E-state index in [4.69, 9.17) is 28.9 Å². The zero-order chi connectivity index (χ0) is 17.3. The molecule has 0 atom stereocenters. The number of nitrogens with two attached hydrogens (primary N) is 1. The quantitative estimate of drug-likeness (QED) is 0.535. The van der Waals surface area contributed by atoms with Gasteiger partial charge in [-0.15, -0.1) is 0 Å². The third kappa shape index (κ3) is 3.32. The molecule has 4 heteroatoms. The Kier molecular flexibility index (Phi) is 5.19. The topological polar surface area (TPSA) is 41.8 Å². The van der Waals surface area contributed by atoms with E-state index in [1.807, 2.05) is 18.2 Å². The second kappa shape index (κ2) is 7.18. The Morgan fingerprint density at radius 2 is 1.79 bits per heavy atom. The molecule has 0 saturated heterocycles. The first-order chi connectivity index (χ1) is 11.5. The molecule has 0 unspecified atom stereocenters. The van der Waals surface area contributed by atoms with E-state index in [1.54, 1.807) is 0 Å². The van der Waals surface area contributed by atoms with Crippen LogP contribution in [0.15, 0.2) is 30.3 Å². The minimum absolute atomic E-state index is 0.577. The summed E-state index contributed by atoms with van der Waals surface area (Å²) in [4.78, 5) is 3.62. The number of H-pyrrole nitrogens is 1. The molecule has 1 aromatic heterocycles. The van der Waals surface area contributed by atoms with Crippen LogP contribution in [-0.4, -0.2) is 11.5 Å². The van der Waals surface area contributed by atoms with Crippen molar-refractivity contribution in [2.45, 2.75) is 33.1 Å². The smallest absolute Gasteiger partial charge is 0.0599 e. The van der Waals surface area contributed by atoms with Crippen LogP contribution in [0.25, 0.3) is 22.2 Å². The number of aromatic nitrogens is 1. The highest BCUT2D eigenvalue weighted by Gasteiger charge is 2.15. The number of benzene rings is 2. The zero-order valence-electron chi connectivity index (χ0n) is 14.0. The maximum Gasteiger partial charge on any atom is 0.0599 e. The van der Waals surface area contributed by atoms with Crippen LogP contribution in [0.4, 0.5) is 0 Å². The molecule has 0 fully saturated rings. The van der Waals surface area contributed by atoms with E-state index in [0.29, 0.717) is 10.0 Å². The summed E-state index contributed by atoms with van der Waals surface area (Å²) in [5.41, 5.74) is 13.0. The van der Waals surface area contributed by atoms with Crippen molar-refractivity contribution in [2.24, 2.45) is 5.73 Å². The highest BCUT2D eigenvalue weighted by molar-refractivity contribution is 6.42. The Bertz CT molecular complexity index is 881. The molecular formula is C20H22Cl2N2. The van der Waals surface area contributed by atoms with E-state index < -0.39 is 0 Å². The van der Waals surface area contributed by atoms with Gasteiger partial charge in [0.15, 0.2) is 0 Å². The molecule has 0 aliphatic rings. The average Bonchev–Trinajstić information content (AvgIpc) is 2.89. The van der Waals surface area contributed by atoms with Gasteiger partial charge >= 0.3 is 0 Å². The molecule has 3 aromatic rings. The lowest BCUT2D eigenvalue weighted by molar-refractivity contribution is 0.748. The SMILES string of the molecule is Cc1cc(C)c2[nH]c(-c3ccc(Cl)c(Cl)c3)c(CCCCN)c2c1. The lowest BCUT2D eigenvalue weighted by Gasteiger charge is -2.07. The van der Waals surface area contributed by atoms with Gasteiger partial charge in [0.25, 0.3) is 0 Å². The van der Waals surface area contributed by atoms with E-state index >= 15 is 0 Å². The van der Waals surface area contributed by atoms with Gasteiger partial charge in [-0.05, 0) is 74.5 Å². The predicted molar refractivity (Wildman–Crippen MR) is 105 cm³/mol. The van der Waals surface area contributed by atoms with Crippen molar-refractivity contribution in [3.8, 4) is 11.3 Å². The summed E-state index contributed by atoms with van der Waals surface area (Å²) in [7, 11) is 0. The molecule has 0 aliphatic carbocycles. The monoisotopic (exact) mass is 360 g/mol. The van der Waals surface area contributed by atoms with Crippen LogP contribution >= 0.6 is 23.2 Å². The Labute approximate surface area is 153 Å². The minimum atomic E-state index is 0.577. The van der Waals surface area contributed by atoms with Crippen LogP contribution < -0.4 is 5.73 Å². The molecule has 0 saturated carbocycles. The molecule has 0 bridgehead atoms. The summed E-state index contributed by atoms with van der Waals surface area (Å²) >= 11 is 12.3. The largest absolute Gasteiger partial charge is 0.354 e. The molecule has 3 N–H and O–H groups in total. The van der Waals surface area contributed by atoms with Crippen LogP contribution in [-0.2, 0) is 6.42 Å². The Morgan fingerprint density at radius 3 is 2.50 bits per heavy atom. The average molecular weight is 361 g/mol. The maximum atomic E-state index is 6.24. The van der Waals surface area contributed by atoms with E-state index in [9.17, 15) is 0 Å². The van der Waals surface area contributed by atoms with Crippen molar-refractivity contribution < 1.29 is 0 Å². The lowest BCUT2D eigenvalue weighted by Crippen LogP contribution is -1.99. The second-order valence-electron chi connectivity index (χ2n) is 6.36. The van der Waals surface area contributed by atoms with E-state index in [-0.39, 0.29) is 0 Å². The van der Waals surface area contributed by atoms with Gasteiger partial charge in [-0.2, -0.15) is 0 Å². The molecule has 2 nitrogen and oxygen atoms in total. The molecule has 126 valence electrons. The van der Waals surface area contributed by atoms with Crippen molar-refractivity contribution >= 4 is 34.1 Å². The van der Waals surface area contributed by atoms with Crippen molar-refractivity contribution in [1.82, 2.24) is 4.98 Å². The van der Waals surface area contributed by atoms with E-state index in [2.05, 4.69) is 31.0 Å². The molecular weight excluding hydrogens is 339 g/mol. The number of aryl methyl sites for hydroxylation is 3. The standard InChI is InChI=1S/C20H22Cl2N2/c1-12-9-13(2)19-16(10-12)15(5-3-4-8-23)20(24-19)14-6-7-17(21)18(22)11-14/h6-7,9-11,24H,3-5,8,23H2,1-2H3. The summed E-state index contributed by atoms with van der Waals surface area (Å²) in [5, 5.41) is 2.45. The molecule has 0 amide bonds. The fourth-order valence-corrected chi connectivity index (χ4v) is 3.61. The van der Waals surface area contributed by atoms with Gasteiger partial charge in [-0.25, -0.2) is 0 Å². The fraction of sp³-hybridized carbons (Fsp3) is 0.300. The van der Waals surface area contributed by atoms with Crippen molar-refractivity contribution in [2.75, 3.05) is 6.54 Å². The summed E-state index contributed by atoms with van der Waals surface area (Å²) in [6, 6.07) is 10.3. The van der Waals surface area contributed by atoms with Crippen LogP contribution in [0.2, 0.25) is 10.0 Å². The number of fused-ring (bicyclic) bond motifs is 1. The van der Waals surface area contributed by atoms with Gasteiger partial charge in [0.1, 0.15) is 0 Å². The molecule has 0 spiro atoms. The van der Waals surface area contributed by atoms with Gasteiger partial charge in [0.05, 0.1) is 10.0 Å². The zero-order valence-corrected chi connectivity index (χ0v) is 15.6. The molecule has 0 aliphatic heterocycles. The van der Waals surface area contributed by atoms with Gasteiger partial charge in [-0.3, -0.25) is 0 Å². The van der Waals surface area contributed by atoms with Gasteiger partial charge in [-0.1, -0.05) is 40.9 Å². The van der Waals surface area contributed by atoms with Crippen LogP contribution in [0.5, 0.6) is 0 Å². The van der Waals surface area contributed by atoms with Crippen LogP contribution in [0.3, 0.4) is 0 Å². The summed E-state index contributed by atoms with van der Waals surface area (Å²) < 4.78 is 0. The number of aromatic amines is 1. The fourth-order valence-electron chi connectivity index (χ4n) is 3.31. The van der Waals surface area contributed by atoms with Crippen molar-refractivity contribution in [3.05, 3.63) is 57.1 Å². The Hall–Kier alpha value is -1.48. The summed E-state index contributed by atoms with van der Waals surface area (Å²) in [6.07, 6.45) is 3.10. The first-order valence-corrected chi connectivity index (χ1v) is 9.04. The summed E-state index contributed by atoms with van der Waals surface area (Å²) in [6.45, 7) is 5.01. The number of hydrogen-bond acceptors (Lipinski definition) is 1. The first-order valence-electron chi connectivity index (χ1n) is 8.28. The van der Waals surface area contributed by atoms with Gasteiger partial charge in [0.2, 0.25) is 0 Å². The van der Waals surface area contributed by atoms with Gasteiger partial charge < -0.3 is 10.7 Å². The molecule has 2 aromatic carbocycles. The third-order valence-electron chi connectivity index (χ3n) is 4.45. The predicted octanol–water partition coefficient (Wildman–Crippen LogP) is 6.04. The maximum absolute atomic E-state index is 6.24. The van der Waals surface area contributed by atoms with Crippen LogP contribution in [0, 0.1) is 13.8 Å². The highest BCUT2D eigenvalue weighted by atomic mass is 35.5. The third-order valence-corrected chi connectivity index (χ3v) is 5.18. The van der Waals surface area contributed by atoms with Crippen LogP contribution in [0.1, 0.15) is 29.5 Å². The minimum Gasteiger partial charge on any atom is -0.354 e. The normalized spacial score (nSPS) is 11.4. The van der Waals surface area contributed by atoms with Crippen molar-refractivity contribution in [1.29, 1.82) is 0 Å². The highest BCUT2D eigenvalue weighted by Crippen LogP contribution is 2.36. The first kappa shape index (κ1) is 17.3. The Balaban J connectivity index is 2.19. The number of nitrogens with one attached hydrogen (secondary N) is 1.